The van der Waals surface area contributed by atoms with Gasteiger partial charge in [-0.05, 0) is 66.4 Å². The first-order valence-corrected chi connectivity index (χ1v) is 22.0. The van der Waals surface area contributed by atoms with Crippen molar-refractivity contribution in [2.45, 2.75) is 80.1 Å². The molecule has 0 saturated heterocycles. The molecule has 0 bridgehead atoms. The molecular weight excluding hydrogens is 927 g/mol. The van der Waals surface area contributed by atoms with Gasteiger partial charge in [0.2, 0.25) is 45.5 Å². The van der Waals surface area contributed by atoms with Gasteiger partial charge >= 0.3 is 17.9 Å². The first kappa shape index (κ1) is 52.2. The second kappa shape index (κ2) is 24.2. The van der Waals surface area contributed by atoms with Crippen molar-refractivity contribution in [2.75, 3.05) is 6.54 Å². The molecule has 0 aliphatic carbocycles. The van der Waals surface area contributed by atoms with Crippen LogP contribution in [0.2, 0.25) is 5.02 Å². The van der Waals surface area contributed by atoms with Crippen molar-refractivity contribution < 1.29 is 71.3 Å². The number of benzene rings is 3. The van der Waals surface area contributed by atoms with Crippen LogP contribution in [-0.4, -0.2) is 119 Å². The fourth-order valence-corrected chi connectivity index (χ4v) is 7.83. The monoisotopic (exact) mass is 972 g/mol. The van der Waals surface area contributed by atoms with Crippen LogP contribution >= 0.6 is 11.6 Å². The van der Waals surface area contributed by atoms with E-state index < -0.39 is 143 Å². The van der Waals surface area contributed by atoms with Crippen LogP contribution in [0.15, 0.2) is 83.9 Å². The van der Waals surface area contributed by atoms with Crippen LogP contribution in [-0.2, 0) is 66.0 Å². The number of nitrogens with one attached hydrogen (secondary N) is 7. The molecule has 25 heteroatoms. The number of para-hydroxylation sites is 1. The number of amides is 6. The van der Waals surface area contributed by atoms with Crippen molar-refractivity contribution in [1.82, 2.24) is 36.3 Å². The first-order valence-electron chi connectivity index (χ1n) is 20.1. The van der Waals surface area contributed by atoms with Crippen molar-refractivity contribution in [1.29, 1.82) is 0 Å². The highest BCUT2D eigenvalue weighted by Crippen LogP contribution is 2.20. The molecule has 1 aromatic heterocycles. The number of sulfonamides is 1. The molecular formula is C42H46ClFN8O14S. The molecule has 22 nitrogen and oxygen atoms in total. The van der Waals surface area contributed by atoms with Crippen molar-refractivity contribution in [2.24, 2.45) is 5.73 Å². The Bertz CT molecular complexity index is 2610. The number of primary amides is 1. The summed E-state index contributed by atoms with van der Waals surface area (Å²) in [7, 11) is -4.56. The average molecular weight is 973 g/mol. The van der Waals surface area contributed by atoms with Gasteiger partial charge in [-0.25, -0.2) is 12.8 Å². The number of aromatic amines is 1. The van der Waals surface area contributed by atoms with Gasteiger partial charge < -0.3 is 52.6 Å². The maximum atomic E-state index is 14.3. The molecule has 0 fully saturated rings. The van der Waals surface area contributed by atoms with E-state index in [-0.39, 0.29) is 23.4 Å². The highest BCUT2D eigenvalue weighted by molar-refractivity contribution is 7.89. The van der Waals surface area contributed by atoms with Gasteiger partial charge in [0.05, 0.1) is 17.9 Å². The van der Waals surface area contributed by atoms with Crippen molar-refractivity contribution in [3.63, 3.8) is 0 Å². The number of halogens is 2. The molecule has 0 aliphatic rings. The van der Waals surface area contributed by atoms with E-state index in [2.05, 4.69) is 31.6 Å². The predicted molar refractivity (Wildman–Crippen MR) is 234 cm³/mol. The Labute approximate surface area is 385 Å². The molecule has 0 spiro atoms. The highest BCUT2D eigenvalue weighted by Gasteiger charge is 2.33. The van der Waals surface area contributed by atoms with Crippen LogP contribution in [0.4, 0.5) is 4.39 Å². The topological polar surface area (TPSA) is 362 Å². The minimum Gasteiger partial charge on any atom is -0.481 e. The number of hydrogen-bond donors (Lipinski definition) is 11. The summed E-state index contributed by atoms with van der Waals surface area (Å²) in [6.45, 7) is -0.948. The highest BCUT2D eigenvalue weighted by atomic mass is 35.5. The third-order valence-corrected chi connectivity index (χ3v) is 11.6. The number of aliphatic carboxylic acids is 3. The number of carboxylic acid groups (broad SMARTS) is 3. The fourth-order valence-electron chi connectivity index (χ4n) is 6.51. The zero-order chi connectivity index (χ0) is 49.4. The maximum Gasteiger partial charge on any atom is 0.305 e. The van der Waals surface area contributed by atoms with Gasteiger partial charge in [0.1, 0.15) is 36.0 Å². The average Bonchev–Trinajstić information content (AvgIpc) is 3.66. The van der Waals surface area contributed by atoms with E-state index >= 15 is 0 Å². The summed E-state index contributed by atoms with van der Waals surface area (Å²) in [6.07, 6.45) is -2.48. The molecule has 67 heavy (non-hydrogen) atoms. The Morgan fingerprint density at radius 2 is 1.25 bits per heavy atom. The second-order valence-corrected chi connectivity index (χ2v) is 17.1. The van der Waals surface area contributed by atoms with Crippen LogP contribution in [0.25, 0.3) is 10.9 Å². The van der Waals surface area contributed by atoms with Gasteiger partial charge in [0, 0.05) is 47.8 Å². The third-order valence-electron chi connectivity index (χ3n) is 9.84. The van der Waals surface area contributed by atoms with Gasteiger partial charge in [-0.1, -0.05) is 41.9 Å². The molecule has 6 amide bonds. The predicted octanol–water partition coefficient (Wildman–Crippen LogP) is -0.162. The Kier molecular flexibility index (Phi) is 18.8. The normalized spacial score (nSPS) is 13.5. The summed E-state index contributed by atoms with van der Waals surface area (Å²) >= 11 is 5.82. The Morgan fingerprint density at radius 3 is 1.87 bits per heavy atom. The summed E-state index contributed by atoms with van der Waals surface area (Å²) in [6, 6.07) is 8.07. The van der Waals surface area contributed by atoms with Crippen LogP contribution in [0.5, 0.6) is 0 Å². The smallest absolute Gasteiger partial charge is 0.305 e. The molecule has 5 atom stereocenters. The van der Waals surface area contributed by atoms with Gasteiger partial charge in [-0.3, -0.25) is 43.2 Å². The van der Waals surface area contributed by atoms with E-state index in [0.29, 0.717) is 16.5 Å². The SMILES string of the molecule is NC(=O)C(CCC(=O)O)NC(=O)C(Cc1c[nH]c2ccccc12)NC(=O)C(Cc1cccc(F)c1)NC(=O)CNC(=O)C(CCC(=O)O)NC(=O)C(CC(=O)O)NS(=O)(=O)c1ccc(Cl)cc1. The summed E-state index contributed by atoms with van der Waals surface area (Å²) in [5, 5.41) is 40.3. The lowest BCUT2D eigenvalue weighted by Crippen LogP contribution is -2.58. The third kappa shape index (κ3) is 16.5. The quantitative estimate of drug-likeness (QED) is 0.0390. The number of hydrogen-bond acceptors (Lipinski definition) is 11. The number of fused-ring (bicyclic) bond motifs is 1. The van der Waals surface area contributed by atoms with Gasteiger partial charge in [-0.2, -0.15) is 4.72 Å². The number of carboxylic acids is 3. The Balaban J connectivity index is 1.55. The summed E-state index contributed by atoms with van der Waals surface area (Å²) in [4.78, 5) is 117. The molecule has 0 saturated carbocycles. The lowest BCUT2D eigenvalue weighted by molar-refractivity contribution is -0.140. The van der Waals surface area contributed by atoms with Crippen LogP contribution in [0.3, 0.4) is 0 Å². The molecule has 358 valence electrons. The van der Waals surface area contributed by atoms with E-state index in [1.807, 2.05) is 4.72 Å². The van der Waals surface area contributed by atoms with Crippen LogP contribution in [0, 0.1) is 5.82 Å². The lowest BCUT2D eigenvalue weighted by Gasteiger charge is -2.25. The fraction of sp³-hybridized carbons (Fsp3) is 0.310. The molecule has 12 N–H and O–H groups in total. The number of aromatic nitrogens is 1. The van der Waals surface area contributed by atoms with Crippen molar-refractivity contribution >= 4 is 85.9 Å². The molecule has 3 aromatic carbocycles. The van der Waals surface area contributed by atoms with E-state index in [1.54, 1.807) is 30.5 Å². The Hall–Kier alpha value is -7.44. The number of nitrogens with two attached hydrogens (primary N) is 1. The summed E-state index contributed by atoms with van der Waals surface area (Å²) in [5.74, 6) is -11.7. The molecule has 4 aromatic rings. The first-order chi connectivity index (χ1) is 31.6. The van der Waals surface area contributed by atoms with E-state index in [9.17, 15) is 66.2 Å². The molecule has 5 unspecified atom stereocenters. The second-order valence-electron chi connectivity index (χ2n) is 14.9. The van der Waals surface area contributed by atoms with Gasteiger partial charge in [0.15, 0.2) is 0 Å². The standard InChI is InChI=1S/C42H46ClFN8O14S/c43-24-8-10-26(11-9-24)67(65,66)52-33(19-37(58)59)42(64)50-30(13-15-36(56)57)39(61)47-21-34(53)48-31(17-22-4-3-5-25(44)16-22)40(62)51-32(18-23-20-46-28-7-2-1-6-27(23)28)41(63)49-29(38(45)60)12-14-35(54)55/h1-11,16,20,29-33,46,52H,12-15,17-19,21H2,(H2,45,60)(H,47,61)(H,48,53)(H,49,63)(H,50,64)(H,51,62)(H,54,55)(H,56,57)(H,58,59). The van der Waals surface area contributed by atoms with E-state index in [1.165, 1.54) is 24.3 Å². The van der Waals surface area contributed by atoms with Crippen LogP contribution in [0.1, 0.15) is 43.2 Å². The summed E-state index contributed by atoms with van der Waals surface area (Å²) in [5.41, 5.74) is 6.81. The summed E-state index contributed by atoms with van der Waals surface area (Å²) < 4.78 is 42.3. The zero-order valence-corrected chi connectivity index (χ0v) is 36.7. The Morgan fingerprint density at radius 1 is 0.672 bits per heavy atom. The van der Waals surface area contributed by atoms with Crippen LogP contribution < -0.4 is 37.0 Å². The lowest BCUT2D eigenvalue weighted by atomic mass is 10.0. The maximum absolute atomic E-state index is 14.3. The number of carbonyl (C=O) groups excluding carboxylic acids is 6. The van der Waals surface area contributed by atoms with Gasteiger partial charge in [0.25, 0.3) is 0 Å². The molecule has 4 rings (SSSR count). The molecule has 0 aliphatic heterocycles. The number of H-pyrrole nitrogens is 1. The number of rotatable bonds is 26. The largest absolute Gasteiger partial charge is 0.481 e. The van der Waals surface area contributed by atoms with Crippen molar-refractivity contribution in [3.8, 4) is 0 Å². The van der Waals surface area contributed by atoms with Crippen molar-refractivity contribution in [3.05, 3.63) is 101 Å². The zero-order valence-electron chi connectivity index (χ0n) is 35.1. The molecule has 1 heterocycles. The van der Waals surface area contributed by atoms with E-state index in [0.717, 1.165) is 24.3 Å². The van der Waals surface area contributed by atoms with E-state index in [4.69, 9.17) is 22.4 Å². The number of carbonyl (C=O) groups is 9. The minimum atomic E-state index is -4.56. The van der Waals surface area contributed by atoms with Gasteiger partial charge in [-0.15, -0.1) is 0 Å². The minimum absolute atomic E-state index is 0.171. The molecule has 0 radical (unpaired) electrons.